The topological polar surface area (TPSA) is 47.6 Å². The molecule has 1 saturated heterocycles. The van der Waals surface area contributed by atoms with E-state index in [0.29, 0.717) is 19.8 Å². The van der Waals surface area contributed by atoms with Crippen LogP contribution in [-0.4, -0.2) is 38.4 Å². The molecule has 1 fully saturated rings. The van der Waals surface area contributed by atoms with Gasteiger partial charge in [0.25, 0.3) is 0 Å². The summed E-state index contributed by atoms with van der Waals surface area (Å²) in [6.07, 6.45) is 0. The maximum absolute atomic E-state index is 10.8. The van der Waals surface area contributed by atoms with Crippen molar-refractivity contribution in [2.75, 3.05) is 26.4 Å². The van der Waals surface area contributed by atoms with Crippen LogP contribution in [0.2, 0.25) is 0 Å². The fourth-order valence-corrected chi connectivity index (χ4v) is 0.971. The largest absolute Gasteiger partial charge is 0.456 e. The summed E-state index contributed by atoms with van der Waals surface area (Å²) in [5, 5.41) is 3.11. The van der Waals surface area contributed by atoms with Crippen molar-refractivity contribution in [3.05, 3.63) is 0 Å². The van der Waals surface area contributed by atoms with E-state index in [1.807, 2.05) is 0 Å². The lowest BCUT2D eigenvalue weighted by molar-refractivity contribution is -0.136. The van der Waals surface area contributed by atoms with Crippen molar-refractivity contribution in [1.29, 1.82) is 0 Å². The monoisotopic (exact) mass is 183 g/mol. The molecule has 0 aromatic rings. The number of esters is 1. The Morgan fingerprint density at radius 1 is 1.77 bits per heavy atom. The van der Waals surface area contributed by atoms with Crippen molar-refractivity contribution in [3.8, 4) is 11.8 Å². The van der Waals surface area contributed by atoms with Crippen molar-refractivity contribution in [2.24, 2.45) is 0 Å². The first kappa shape index (κ1) is 10.0. The summed E-state index contributed by atoms with van der Waals surface area (Å²) < 4.78 is 9.81. The minimum atomic E-state index is -0.477. The molecule has 4 nitrogen and oxygen atoms in total. The Labute approximate surface area is 77.6 Å². The van der Waals surface area contributed by atoms with Gasteiger partial charge in [0.15, 0.2) is 0 Å². The van der Waals surface area contributed by atoms with Gasteiger partial charge in [0.05, 0.1) is 25.9 Å². The van der Waals surface area contributed by atoms with E-state index >= 15 is 0 Å². The van der Waals surface area contributed by atoms with Crippen LogP contribution < -0.4 is 5.32 Å². The molecule has 0 saturated carbocycles. The highest BCUT2D eigenvalue weighted by Gasteiger charge is 2.09. The Morgan fingerprint density at radius 2 is 2.62 bits per heavy atom. The predicted molar refractivity (Wildman–Crippen MR) is 47.0 cm³/mol. The van der Waals surface area contributed by atoms with Gasteiger partial charge in [-0.2, -0.15) is 0 Å². The van der Waals surface area contributed by atoms with Gasteiger partial charge in [-0.1, -0.05) is 5.92 Å². The van der Waals surface area contributed by atoms with E-state index in [1.165, 1.54) is 0 Å². The van der Waals surface area contributed by atoms with Crippen LogP contribution in [0.25, 0.3) is 0 Å². The summed E-state index contributed by atoms with van der Waals surface area (Å²) in [6.45, 7) is 4.13. The molecule has 0 aliphatic carbocycles. The molecule has 72 valence electrons. The lowest BCUT2D eigenvalue weighted by Crippen LogP contribution is -2.40. The fourth-order valence-electron chi connectivity index (χ4n) is 0.971. The number of ether oxygens (including phenoxy) is 2. The lowest BCUT2D eigenvalue weighted by Gasteiger charge is -2.18. The average Bonchev–Trinajstić information content (AvgIpc) is 2.17. The van der Waals surface area contributed by atoms with Gasteiger partial charge in [0, 0.05) is 12.5 Å². The summed E-state index contributed by atoms with van der Waals surface area (Å²) in [7, 11) is 0. The van der Waals surface area contributed by atoms with E-state index in [1.54, 1.807) is 6.92 Å². The first-order valence-electron chi connectivity index (χ1n) is 4.32. The zero-order valence-corrected chi connectivity index (χ0v) is 7.63. The van der Waals surface area contributed by atoms with Gasteiger partial charge in [-0.25, -0.2) is 4.79 Å². The van der Waals surface area contributed by atoms with Crippen LogP contribution in [0.3, 0.4) is 0 Å². The van der Waals surface area contributed by atoms with Crippen LogP contribution in [0.1, 0.15) is 6.92 Å². The molecule has 0 amide bonds. The molecule has 1 unspecified atom stereocenters. The third-order valence-corrected chi connectivity index (χ3v) is 1.55. The van der Waals surface area contributed by atoms with Crippen molar-refractivity contribution in [1.82, 2.24) is 5.32 Å². The molecule has 4 heteroatoms. The average molecular weight is 183 g/mol. The van der Waals surface area contributed by atoms with Gasteiger partial charge in [-0.3, -0.25) is 5.32 Å². The molecule has 0 bridgehead atoms. The highest BCUT2D eigenvalue weighted by molar-refractivity contribution is 5.88. The number of morpholine rings is 1. The van der Waals surface area contributed by atoms with Gasteiger partial charge in [-0.05, 0) is 6.92 Å². The molecule has 1 aliphatic heterocycles. The predicted octanol–water partition coefficient (Wildman–Crippen LogP) is -0.459. The van der Waals surface area contributed by atoms with Crippen LogP contribution in [0.15, 0.2) is 0 Å². The van der Waals surface area contributed by atoms with Crippen LogP contribution >= 0.6 is 0 Å². The summed E-state index contributed by atoms with van der Waals surface area (Å²) in [6, 6.07) is -0.0434. The van der Waals surface area contributed by atoms with Crippen molar-refractivity contribution in [2.45, 2.75) is 13.0 Å². The SMILES string of the molecule is CCOC(=O)C#CC1COCCN1. The minimum absolute atomic E-state index is 0.0434. The first-order chi connectivity index (χ1) is 6.33. The third-order valence-electron chi connectivity index (χ3n) is 1.55. The standard InChI is InChI=1S/C9H13NO3/c1-2-13-9(11)4-3-8-7-12-6-5-10-8/h8,10H,2,5-7H2,1H3. The van der Waals surface area contributed by atoms with Crippen LogP contribution in [-0.2, 0) is 14.3 Å². The Kier molecular flexibility index (Phi) is 4.30. The number of nitrogens with one attached hydrogen (secondary N) is 1. The van der Waals surface area contributed by atoms with Gasteiger partial charge >= 0.3 is 5.97 Å². The maximum Gasteiger partial charge on any atom is 0.384 e. The van der Waals surface area contributed by atoms with Crippen LogP contribution in [0, 0.1) is 11.8 Å². The molecular weight excluding hydrogens is 170 g/mol. The quantitative estimate of drug-likeness (QED) is 0.339. The van der Waals surface area contributed by atoms with Gasteiger partial charge < -0.3 is 9.47 Å². The van der Waals surface area contributed by atoms with Crippen molar-refractivity contribution in [3.63, 3.8) is 0 Å². The molecule has 0 aromatic heterocycles. The Bertz CT molecular complexity index is 223. The second-order valence-electron chi connectivity index (χ2n) is 2.57. The summed E-state index contributed by atoms with van der Waals surface area (Å²) in [5.41, 5.74) is 0. The van der Waals surface area contributed by atoms with Gasteiger partial charge in [-0.15, -0.1) is 0 Å². The molecule has 0 spiro atoms. The number of carbonyl (C=O) groups is 1. The molecule has 1 atom stereocenters. The number of hydrogen-bond donors (Lipinski definition) is 1. The Hall–Kier alpha value is -1.05. The number of rotatable bonds is 1. The lowest BCUT2D eigenvalue weighted by atomic mass is 10.3. The maximum atomic E-state index is 10.8. The van der Waals surface area contributed by atoms with E-state index in [2.05, 4.69) is 21.9 Å². The summed E-state index contributed by atoms with van der Waals surface area (Å²) in [5.74, 6) is 4.67. The molecule has 13 heavy (non-hydrogen) atoms. The molecule has 1 N–H and O–H groups in total. The normalized spacial score (nSPS) is 21.5. The van der Waals surface area contributed by atoms with Crippen molar-refractivity contribution < 1.29 is 14.3 Å². The number of carbonyl (C=O) groups excluding carboxylic acids is 1. The Balaban J connectivity index is 2.31. The smallest absolute Gasteiger partial charge is 0.384 e. The highest BCUT2D eigenvalue weighted by Crippen LogP contribution is 1.90. The van der Waals surface area contributed by atoms with Gasteiger partial charge in [0.2, 0.25) is 0 Å². The van der Waals surface area contributed by atoms with E-state index < -0.39 is 5.97 Å². The van der Waals surface area contributed by atoms with Crippen LogP contribution in [0.4, 0.5) is 0 Å². The van der Waals surface area contributed by atoms with Crippen LogP contribution in [0.5, 0.6) is 0 Å². The molecule has 0 radical (unpaired) electrons. The van der Waals surface area contributed by atoms with E-state index in [-0.39, 0.29) is 6.04 Å². The molecule has 1 heterocycles. The summed E-state index contributed by atoms with van der Waals surface area (Å²) in [4.78, 5) is 10.8. The highest BCUT2D eigenvalue weighted by atomic mass is 16.5. The summed E-state index contributed by atoms with van der Waals surface area (Å²) >= 11 is 0. The molecule has 0 aromatic carbocycles. The second kappa shape index (κ2) is 5.57. The third kappa shape index (κ3) is 3.92. The molecule has 1 rings (SSSR count). The fraction of sp³-hybridized carbons (Fsp3) is 0.667. The molecular formula is C9H13NO3. The van der Waals surface area contributed by atoms with E-state index in [9.17, 15) is 4.79 Å². The van der Waals surface area contributed by atoms with E-state index in [4.69, 9.17) is 4.74 Å². The second-order valence-corrected chi connectivity index (χ2v) is 2.57. The van der Waals surface area contributed by atoms with Gasteiger partial charge in [0.1, 0.15) is 0 Å². The van der Waals surface area contributed by atoms with Crippen molar-refractivity contribution >= 4 is 5.97 Å². The zero-order chi connectivity index (χ0) is 9.52. The minimum Gasteiger partial charge on any atom is -0.456 e. The molecule has 1 aliphatic rings. The van der Waals surface area contributed by atoms with E-state index in [0.717, 1.165) is 6.54 Å². The number of hydrogen-bond acceptors (Lipinski definition) is 4. The zero-order valence-electron chi connectivity index (χ0n) is 7.63. The Morgan fingerprint density at radius 3 is 3.23 bits per heavy atom. The first-order valence-corrected chi connectivity index (χ1v) is 4.32.